The van der Waals surface area contributed by atoms with Crippen LogP contribution in [0.5, 0.6) is 0 Å². The zero-order chi connectivity index (χ0) is 11.8. The van der Waals surface area contributed by atoms with Crippen LogP contribution in [0, 0.1) is 0 Å². The fourth-order valence-electron chi connectivity index (χ4n) is 1.37. The number of nitrogens with one attached hydrogen (secondary N) is 1. The number of hydrogen-bond donors (Lipinski definition) is 2. The normalized spacial score (nSPS) is 10.7. The summed E-state index contributed by atoms with van der Waals surface area (Å²) < 4.78 is 0. The Kier molecular flexibility index (Phi) is 5.99. The molecule has 1 amide bonds. The number of aromatic nitrogens is 1. The Labute approximate surface area is 99.1 Å². The molecule has 0 unspecified atom stereocenters. The van der Waals surface area contributed by atoms with E-state index in [0.717, 1.165) is 13.0 Å². The van der Waals surface area contributed by atoms with Crippen LogP contribution in [0.3, 0.4) is 0 Å². The van der Waals surface area contributed by atoms with Crippen molar-refractivity contribution in [2.75, 3.05) is 31.6 Å². The highest BCUT2D eigenvalue weighted by Gasteiger charge is 2.10. The van der Waals surface area contributed by atoms with Crippen LogP contribution in [0.2, 0.25) is 0 Å². The molecular weight excluding hydrogens is 226 g/mol. The SMILES string of the molecule is CCCN(CCO)CC(=O)Nc1nccs1. The predicted molar refractivity (Wildman–Crippen MR) is 64.6 cm³/mol. The average Bonchev–Trinajstić information content (AvgIpc) is 2.71. The summed E-state index contributed by atoms with van der Waals surface area (Å²) in [4.78, 5) is 17.5. The highest BCUT2D eigenvalue weighted by molar-refractivity contribution is 7.13. The van der Waals surface area contributed by atoms with Gasteiger partial charge in [0, 0.05) is 18.1 Å². The molecule has 0 aliphatic heterocycles. The van der Waals surface area contributed by atoms with E-state index < -0.39 is 0 Å². The minimum Gasteiger partial charge on any atom is -0.395 e. The van der Waals surface area contributed by atoms with E-state index in [9.17, 15) is 4.79 Å². The van der Waals surface area contributed by atoms with E-state index >= 15 is 0 Å². The first-order chi connectivity index (χ1) is 7.76. The first-order valence-corrected chi connectivity index (χ1v) is 6.16. The molecular formula is C10H17N3O2S. The molecule has 90 valence electrons. The Morgan fingerprint density at radius 2 is 2.44 bits per heavy atom. The highest BCUT2D eigenvalue weighted by Crippen LogP contribution is 2.09. The van der Waals surface area contributed by atoms with Crippen molar-refractivity contribution in [3.63, 3.8) is 0 Å². The van der Waals surface area contributed by atoms with Crippen LogP contribution < -0.4 is 5.32 Å². The molecule has 2 N–H and O–H groups in total. The van der Waals surface area contributed by atoms with Gasteiger partial charge >= 0.3 is 0 Å². The quantitative estimate of drug-likeness (QED) is 0.743. The lowest BCUT2D eigenvalue weighted by Gasteiger charge is -2.19. The fourth-order valence-corrected chi connectivity index (χ4v) is 1.92. The van der Waals surface area contributed by atoms with Gasteiger partial charge in [0.05, 0.1) is 13.2 Å². The number of anilines is 1. The molecule has 5 nitrogen and oxygen atoms in total. The van der Waals surface area contributed by atoms with Gasteiger partial charge in [-0.2, -0.15) is 0 Å². The van der Waals surface area contributed by atoms with Crippen molar-refractivity contribution in [2.24, 2.45) is 0 Å². The molecule has 0 atom stereocenters. The maximum absolute atomic E-state index is 11.6. The lowest BCUT2D eigenvalue weighted by Crippen LogP contribution is -2.35. The minimum atomic E-state index is -0.0862. The predicted octanol–water partition coefficient (Wildman–Crippen LogP) is 0.786. The van der Waals surface area contributed by atoms with Gasteiger partial charge in [-0.3, -0.25) is 9.69 Å². The van der Waals surface area contributed by atoms with Gasteiger partial charge < -0.3 is 10.4 Å². The second-order valence-corrected chi connectivity index (χ2v) is 4.28. The molecule has 6 heteroatoms. The second kappa shape index (κ2) is 7.32. The van der Waals surface area contributed by atoms with Gasteiger partial charge in [-0.05, 0) is 13.0 Å². The number of aliphatic hydroxyl groups excluding tert-OH is 1. The van der Waals surface area contributed by atoms with Gasteiger partial charge in [-0.25, -0.2) is 4.98 Å². The van der Waals surface area contributed by atoms with Gasteiger partial charge in [-0.15, -0.1) is 11.3 Å². The molecule has 0 bridgehead atoms. The third kappa shape index (κ3) is 4.69. The molecule has 0 saturated carbocycles. The van der Waals surface area contributed by atoms with Crippen LogP contribution in [0.4, 0.5) is 5.13 Å². The first kappa shape index (κ1) is 13.1. The summed E-state index contributed by atoms with van der Waals surface area (Å²) in [5.41, 5.74) is 0. The molecule has 1 rings (SSSR count). The van der Waals surface area contributed by atoms with Gasteiger partial charge in [0.2, 0.25) is 5.91 Å². The van der Waals surface area contributed by atoms with Gasteiger partial charge in [0.15, 0.2) is 5.13 Å². The summed E-state index contributed by atoms with van der Waals surface area (Å²) in [5.74, 6) is -0.0862. The Bertz CT molecular complexity index is 297. The van der Waals surface area contributed by atoms with Crippen LogP contribution >= 0.6 is 11.3 Å². The van der Waals surface area contributed by atoms with E-state index in [1.165, 1.54) is 11.3 Å². The molecule has 0 saturated heterocycles. The number of rotatable bonds is 7. The number of aliphatic hydroxyl groups is 1. The summed E-state index contributed by atoms with van der Waals surface area (Å²) in [7, 11) is 0. The highest BCUT2D eigenvalue weighted by atomic mass is 32.1. The van der Waals surface area contributed by atoms with E-state index in [1.807, 2.05) is 17.2 Å². The zero-order valence-electron chi connectivity index (χ0n) is 9.35. The standard InChI is InChI=1S/C10H17N3O2S/c1-2-4-13(5-6-14)8-9(15)12-10-11-3-7-16-10/h3,7,14H,2,4-6,8H2,1H3,(H,11,12,15). The summed E-state index contributed by atoms with van der Waals surface area (Å²) in [6, 6.07) is 0. The number of carbonyl (C=O) groups excluding carboxylic acids is 1. The molecule has 0 fully saturated rings. The molecule has 0 aliphatic rings. The maximum Gasteiger partial charge on any atom is 0.240 e. The average molecular weight is 243 g/mol. The summed E-state index contributed by atoms with van der Waals surface area (Å²) in [6.45, 7) is 3.76. The number of amides is 1. The Balaban J connectivity index is 2.35. The van der Waals surface area contributed by atoms with Crippen LogP contribution in [-0.2, 0) is 4.79 Å². The fraction of sp³-hybridized carbons (Fsp3) is 0.600. The van der Waals surface area contributed by atoms with Crippen molar-refractivity contribution in [2.45, 2.75) is 13.3 Å². The van der Waals surface area contributed by atoms with E-state index in [1.54, 1.807) is 6.20 Å². The zero-order valence-corrected chi connectivity index (χ0v) is 10.2. The van der Waals surface area contributed by atoms with Crippen molar-refractivity contribution in [3.05, 3.63) is 11.6 Å². The number of carbonyl (C=O) groups is 1. The lowest BCUT2D eigenvalue weighted by atomic mass is 10.4. The van der Waals surface area contributed by atoms with E-state index in [4.69, 9.17) is 5.11 Å². The van der Waals surface area contributed by atoms with Crippen molar-refractivity contribution in [1.82, 2.24) is 9.88 Å². The molecule has 1 heterocycles. The summed E-state index contributed by atoms with van der Waals surface area (Å²) >= 11 is 1.39. The van der Waals surface area contributed by atoms with Crippen LogP contribution in [-0.4, -0.2) is 47.1 Å². The molecule has 0 aliphatic carbocycles. The summed E-state index contributed by atoms with van der Waals surface area (Å²) in [5, 5.41) is 14.0. The number of hydrogen-bond acceptors (Lipinski definition) is 5. The number of nitrogens with zero attached hydrogens (tertiary/aromatic N) is 2. The molecule has 1 aromatic heterocycles. The van der Waals surface area contributed by atoms with Crippen LogP contribution in [0.15, 0.2) is 11.6 Å². The molecule has 0 spiro atoms. The van der Waals surface area contributed by atoms with Crippen molar-refractivity contribution in [3.8, 4) is 0 Å². The maximum atomic E-state index is 11.6. The van der Waals surface area contributed by atoms with Crippen molar-refractivity contribution in [1.29, 1.82) is 0 Å². The third-order valence-electron chi connectivity index (χ3n) is 2.00. The minimum absolute atomic E-state index is 0.0739. The van der Waals surface area contributed by atoms with Crippen molar-refractivity contribution >= 4 is 22.4 Å². The van der Waals surface area contributed by atoms with Gasteiger partial charge in [0.25, 0.3) is 0 Å². The molecule has 16 heavy (non-hydrogen) atoms. The molecule has 0 aromatic carbocycles. The van der Waals surface area contributed by atoms with Gasteiger partial charge in [-0.1, -0.05) is 6.92 Å². The smallest absolute Gasteiger partial charge is 0.240 e. The second-order valence-electron chi connectivity index (χ2n) is 3.39. The van der Waals surface area contributed by atoms with Crippen LogP contribution in [0.1, 0.15) is 13.3 Å². The van der Waals surface area contributed by atoms with E-state index in [2.05, 4.69) is 10.3 Å². The van der Waals surface area contributed by atoms with Crippen molar-refractivity contribution < 1.29 is 9.90 Å². The summed E-state index contributed by atoms with van der Waals surface area (Å²) in [6.07, 6.45) is 2.61. The monoisotopic (exact) mass is 243 g/mol. The Morgan fingerprint density at radius 3 is 3.00 bits per heavy atom. The first-order valence-electron chi connectivity index (χ1n) is 5.28. The number of thiazole rings is 1. The van der Waals surface area contributed by atoms with E-state index in [-0.39, 0.29) is 12.5 Å². The van der Waals surface area contributed by atoms with Crippen LogP contribution in [0.25, 0.3) is 0 Å². The third-order valence-corrected chi connectivity index (χ3v) is 2.69. The van der Waals surface area contributed by atoms with Gasteiger partial charge in [0.1, 0.15) is 0 Å². The van der Waals surface area contributed by atoms with E-state index in [0.29, 0.717) is 18.2 Å². The Morgan fingerprint density at radius 1 is 1.62 bits per heavy atom. The lowest BCUT2D eigenvalue weighted by molar-refractivity contribution is -0.117. The molecule has 1 aromatic rings. The largest absolute Gasteiger partial charge is 0.395 e. The topological polar surface area (TPSA) is 65.5 Å². The molecule has 0 radical (unpaired) electrons. The Hall–Kier alpha value is -0.980.